The molecule has 1 aromatic heterocycles. The molecule has 7 heteroatoms. The molecule has 0 spiro atoms. The van der Waals surface area contributed by atoms with Crippen LogP contribution in [-0.2, 0) is 0 Å². The number of para-hydroxylation sites is 2. The molecular weight excluding hydrogens is 298 g/mol. The molecule has 0 fully saturated rings. The fourth-order valence-corrected chi connectivity index (χ4v) is 2.16. The minimum absolute atomic E-state index is 0.291. The molecular formula is C15H13N5OS. The van der Waals surface area contributed by atoms with E-state index >= 15 is 0 Å². The van der Waals surface area contributed by atoms with E-state index in [2.05, 4.69) is 26.4 Å². The Morgan fingerprint density at radius 3 is 2.55 bits per heavy atom. The minimum Gasteiger partial charge on any atom is -0.331 e. The normalized spacial score (nSPS) is 10.2. The number of nitrogens with one attached hydrogen (secondary N) is 4. The summed E-state index contributed by atoms with van der Waals surface area (Å²) >= 11 is 5.11. The molecule has 0 aliphatic heterocycles. The van der Waals surface area contributed by atoms with Gasteiger partial charge < -0.3 is 5.32 Å². The van der Waals surface area contributed by atoms with Crippen LogP contribution >= 0.6 is 12.2 Å². The first kappa shape index (κ1) is 14.0. The van der Waals surface area contributed by atoms with Crippen LogP contribution in [0.25, 0.3) is 10.9 Å². The van der Waals surface area contributed by atoms with Gasteiger partial charge in [0.15, 0.2) is 10.8 Å². The van der Waals surface area contributed by atoms with Gasteiger partial charge in [-0.3, -0.25) is 20.7 Å². The van der Waals surface area contributed by atoms with Crippen molar-refractivity contribution in [1.82, 2.24) is 21.0 Å². The van der Waals surface area contributed by atoms with Gasteiger partial charge >= 0.3 is 0 Å². The van der Waals surface area contributed by atoms with E-state index in [9.17, 15) is 4.79 Å². The number of anilines is 1. The van der Waals surface area contributed by atoms with Crippen LogP contribution < -0.4 is 16.2 Å². The molecule has 0 saturated carbocycles. The van der Waals surface area contributed by atoms with Crippen molar-refractivity contribution in [2.24, 2.45) is 0 Å². The molecule has 6 nitrogen and oxygen atoms in total. The van der Waals surface area contributed by atoms with Crippen LogP contribution in [0.1, 0.15) is 10.5 Å². The predicted octanol–water partition coefficient (Wildman–Crippen LogP) is 2.19. The minimum atomic E-state index is -0.366. The Balaban J connectivity index is 1.61. The van der Waals surface area contributed by atoms with Crippen LogP contribution in [0.5, 0.6) is 0 Å². The molecule has 1 amide bonds. The van der Waals surface area contributed by atoms with Gasteiger partial charge in [0.1, 0.15) is 0 Å². The molecule has 2 aromatic carbocycles. The molecule has 1 heterocycles. The maximum absolute atomic E-state index is 12.1. The number of hydrogen-bond acceptors (Lipinski definition) is 3. The number of H-pyrrole nitrogens is 1. The Labute approximate surface area is 131 Å². The molecule has 0 atom stereocenters. The zero-order chi connectivity index (χ0) is 15.4. The standard InChI is InChI=1S/C15H13N5OS/c21-14(13-11-8-4-5-9-12(11)17-18-13)19-20-15(22)16-10-6-2-1-3-7-10/h1-9H,(H,17,18)(H,19,21)(H2,16,20,22). The summed E-state index contributed by atoms with van der Waals surface area (Å²) in [6.45, 7) is 0. The predicted molar refractivity (Wildman–Crippen MR) is 89.4 cm³/mol. The molecule has 22 heavy (non-hydrogen) atoms. The van der Waals surface area contributed by atoms with E-state index in [4.69, 9.17) is 12.2 Å². The number of benzene rings is 2. The second-order valence-electron chi connectivity index (χ2n) is 4.52. The molecule has 0 bridgehead atoms. The van der Waals surface area contributed by atoms with Crippen LogP contribution in [0, 0.1) is 0 Å². The molecule has 3 aromatic rings. The van der Waals surface area contributed by atoms with Crippen LogP contribution in [0.2, 0.25) is 0 Å². The quantitative estimate of drug-likeness (QED) is 0.431. The lowest BCUT2D eigenvalue weighted by Gasteiger charge is -2.10. The lowest BCUT2D eigenvalue weighted by Crippen LogP contribution is -2.43. The van der Waals surface area contributed by atoms with E-state index in [0.29, 0.717) is 10.8 Å². The van der Waals surface area contributed by atoms with Gasteiger partial charge in [-0.25, -0.2) is 0 Å². The van der Waals surface area contributed by atoms with Gasteiger partial charge in [-0.2, -0.15) is 5.10 Å². The van der Waals surface area contributed by atoms with Crippen molar-refractivity contribution in [3.63, 3.8) is 0 Å². The van der Waals surface area contributed by atoms with Gasteiger partial charge in [-0.05, 0) is 30.4 Å². The summed E-state index contributed by atoms with van der Waals surface area (Å²) in [5.41, 5.74) is 7.12. The van der Waals surface area contributed by atoms with Crippen molar-refractivity contribution in [1.29, 1.82) is 0 Å². The summed E-state index contributed by atoms with van der Waals surface area (Å²) in [4.78, 5) is 12.1. The van der Waals surface area contributed by atoms with Gasteiger partial charge in [0.25, 0.3) is 5.91 Å². The van der Waals surface area contributed by atoms with Crippen molar-refractivity contribution in [3.05, 3.63) is 60.3 Å². The van der Waals surface area contributed by atoms with E-state index in [0.717, 1.165) is 16.6 Å². The Morgan fingerprint density at radius 1 is 1.00 bits per heavy atom. The highest BCUT2D eigenvalue weighted by molar-refractivity contribution is 7.80. The largest absolute Gasteiger partial charge is 0.331 e. The summed E-state index contributed by atoms with van der Waals surface area (Å²) in [6, 6.07) is 16.8. The Kier molecular flexibility index (Phi) is 3.97. The molecule has 110 valence electrons. The second kappa shape index (κ2) is 6.23. The van der Waals surface area contributed by atoms with E-state index in [-0.39, 0.29) is 5.91 Å². The number of aromatic amines is 1. The summed E-state index contributed by atoms with van der Waals surface area (Å²) in [5.74, 6) is -0.366. The van der Waals surface area contributed by atoms with Crippen molar-refractivity contribution >= 4 is 39.8 Å². The van der Waals surface area contributed by atoms with Crippen LogP contribution in [0.15, 0.2) is 54.6 Å². The first-order valence-electron chi connectivity index (χ1n) is 6.59. The molecule has 0 aliphatic carbocycles. The SMILES string of the molecule is O=C(NNC(=S)Nc1ccccc1)c1n[nH]c2ccccc12. The molecule has 0 unspecified atom stereocenters. The first-order chi connectivity index (χ1) is 10.7. The van der Waals surface area contributed by atoms with Gasteiger partial charge in [0.05, 0.1) is 5.52 Å². The number of carbonyl (C=O) groups is 1. The lowest BCUT2D eigenvalue weighted by atomic mass is 10.2. The zero-order valence-corrected chi connectivity index (χ0v) is 12.3. The number of rotatable bonds is 2. The Bertz CT molecular complexity index is 815. The third-order valence-corrected chi connectivity index (χ3v) is 3.21. The van der Waals surface area contributed by atoms with E-state index in [1.54, 1.807) is 0 Å². The van der Waals surface area contributed by atoms with E-state index < -0.39 is 0 Å². The number of hydrogen-bond donors (Lipinski definition) is 4. The van der Waals surface area contributed by atoms with Crippen molar-refractivity contribution in [2.75, 3.05) is 5.32 Å². The number of carbonyl (C=O) groups excluding carboxylic acids is 1. The topological polar surface area (TPSA) is 81.8 Å². The summed E-state index contributed by atoms with van der Waals surface area (Å²) in [5, 5.41) is 10.8. The summed E-state index contributed by atoms with van der Waals surface area (Å²) in [6.07, 6.45) is 0. The number of aromatic nitrogens is 2. The molecule has 0 aliphatic rings. The van der Waals surface area contributed by atoms with E-state index in [1.807, 2.05) is 54.6 Å². The van der Waals surface area contributed by atoms with Gasteiger partial charge in [-0.15, -0.1) is 0 Å². The number of hydrazine groups is 1. The average Bonchev–Trinajstić information content (AvgIpc) is 2.98. The third-order valence-electron chi connectivity index (χ3n) is 3.01. The fraction of sp³-hybridized carbons (Fsp3) is 0. The van der Waals surface area contributed by atoms with Gasteiger partial charge in [0, 0.05) is 11.1 Å². The third kappa shape index (κ3) is 3.04. The van der Waals surface area contributed by atoms with Crippen LogP contribution in [0.4, 0.5) is 5.69 Å². The highest BCUT2D eigenvalue weighted by Gasteiger charge is 2.13. The van der Waals surface area contributed by atoms with Crippen molar-refractivity contribution < 1.29 is 4.79 Å². The number of amides is 1. The average molecular weight is 311 g/mol. The second-order valence-corrected chi connectivity index (χ2v) is 4.93. The highest BCUT2D eigenvalue weighted by atomic mass is 32.1. The highest BCUT2D eigenvalue weighted by Crippen LogP contribution is 2.14. The number of nitrogens with zero attached hydrogens (tertiary/aromatic N) is 1. The maximum atomic E-state index is 12.1. The molecule has 0 radical (unpaired) electrons. The molecule has 0 saturated heterocycles. The Morgan fingerprint density at radius 2 is 1.73 bits per heavy atom. The summed E-state index contributed by atoms with van der Waals surface area (Å²) < 4.78 is 0. The monoisotopic (exact) mass is 311 g/mol. The maximum Gasteiger partial charge on any atom is 0.290 e. The number of thiocarbonyl (C=S) groups is 1. The lowest BCUT2D eigenvalue weighted by molar-refractivity contribution is 0.0940. The molecule has 4 N–H and O–H groups in total. The zero-order valence-electron chi connectivity index (χ0n) is 11.5. The smallest absolute Gasteiger partial charge is 0.290 e. The van der Waals surface area contributed by atoms with Crippen LogP contribution in [0.3, 0.4) is 0 Å². The van der Waals surface area contributed by atoms with Crippen molar-refractivity contribution in [2.45, 2.75) is 0 Å². The van der Waals surface area contributed by atoms with Gasteiger partial charge in [0.2, 0.25) is 0 Å². The summed E-state index contributed by atoms with van der Waals surface area (Å²) in [7, 11) is 0. The fourth-order valence-electron chi connectivity index (χ4n) is 1.99. The van der Waals surface area contributed by atoms with Crippen LogP contribution in [-0.4, -0.2) is 21.2 Å². The first-order valence-corrected chi connectivity index (χ1v) is 7.00. The van der Waals surface area contributed by atoms with Crippen molar-refractivity contribution in [3.8, 4) is 0 Å². The Hall–Kier alpha value is -2.93. The van der Waals surface area contributed by atoms with Gasteiger partial charge in [-0.1, -0.05) is 36.4 Å². The number of fused-ring (bicyclic) bond motifs is 1. The van der Waals surface area contributed by atoms with E-state index in [1.165, 1.54) is 0 Å². The molecule has 3 rings (SSSR count).